The summed E-state index contributed by atoms with van der Waals surface area (Å²) in [4.78, 5) is 11.5. The van der Waals surface area contributed by atoms with Gasteiger partial charge in [0.15, 0.2) is 0 Å². The molecule has 0 spiro atoms. The summed E-state index contributed by atoms with van der Waals surface area (Å²) in [5.74, 6) is 0.660. The Labute approximate surface area is 105 Å². The van der Waals surface area contributed by atoms with Crippen LogP contribution in [0, 0.1) is 11.3 Å². The topological polar surface area (TPSA) is 26.3 Å². The fraction of sp³-hybridized carbons (Fsp3) is 0.800. The predicted octanol–water partition coefficient (Wildman–Crippen LogP) is 4.10. The zero-order valence-electron chi connectivity index (χ0n) is 11.9. The maximum absolute atomic E-state index is 11.5. The van der Waals surface area contributed by atoms with Crippen molar-refractivity contribution in [2.75, 3.05) is 0 Å². The van der Waals surface area contributed by atoms with Crippen LogP contribution in [0.5, 0.6) is 0 Å². The number of allylic oxidation sites excluding steroid dienone is 1. The largest absolute Gasteiger partial charge is 0.463 e. The summed E-state index contributed by atoms with van der Waals surface area (Å²) >= 11 is 0. The maximum atomic E-state index is 11.5. The van der Waals surface area contributed by atoms with Crippen molar-refractivity contribution in [2.24, 2.45) is 11.3 Å². The van der Waals surface area contributed by atoms with Gasteiger partial charge in [0, 0.05) is 0 Å². The van der Waals surface area contributed by atoms with Gasteiger partial charge in [0.05, 0.1) is 12.5 Å². The third-order valence-electron chi connectivity index (χ3n) is 3.47. The van der Waals surface area contributed by atoms with Crippen LogP contribution < -0.4 is 0 Å². The van der Waals surface area contributed by atoms with Gasteiger partial charge in [0.2, 0.25) is 0 Å². The number of carbonyl (C=O) groups is 1. The molecule has 0 radical (unpaired) electrons. The minimum absolute atomic E-state index is 0.00554. The molecule has 0 aromatic rings. The molecule has 0 saturated carbocycles. The summed E-state index contributed by atoms with van der Waals surface area (Å²) in [6.45, 7) is 10.7. The standard InChI is InChI=1S/C15H26O2/c1-11(2)17-14(16)10-12-6-8-13(9-7-12)15(3,4)5/h6,11,13H,7-10H2,1-5H3. The van der Waals surface area contributed by atoms with Gasteiger partial charge in [-0.05, 0) is 44.4 Å². The van der Waals surface area contributed by atoms with Gasteiger partial charge in [0.25, 0.3) is 0 Å². The molecule has 2 nitrogen and oxygen atoms in total. The average Bonchev–Trinajstić information content (AvgIpc) is 2.15. The zero-order chi connectivity index (χ0) is 13.1. The molecule has 1 aliphatic carbocycles. The van der Waals surface area contributed by atoms with Gasteiger partial charge < -0.3 is 4.74 Å². The van der Waals surface area contributed by atoms with Crippen molar-refractivity contribution in [3.05, 3.63) is 11.6 Å². The summed E-state index contributed by atoms with van der Waals surface area (Å²) in [7, 11) is 0. The Balaban J connectivity index is 2.44. The van der Waals surface area contributed by atoms with Crippen LogP contribution in [0.4, 0.5) is 0 Å². The van der Waals surface area contributed by atoms with Crippen LogP contribution in [0.1, 0.15) is 60.3 Å². The van der Waals surface area contributed by atoms with Crippen LogP contribution in [0.25, 0.3) is 0 Å². The SMILES string of the molecule is CC(C)OC(=O)CC1=CCC(C(C)(C)C)CC1. The third kappa shape index (κ3) is 4.93. The molecule has 17 heavy (non-hydrogen) atoms. The van der Waals surface area contributed by atoms with Crippen LogP contribution >= 0.6 is 0 Å². The highest BCUT2D eigenvalue weighted by Gasteiger charge is 2.26. The zero-order valence-corrected chi connectivity index (χ0v) is 11.9. The lowest BCUT2D eigenvalue weighted by Gasteiger charge is -2.33. The van der Waals surface area contributed by atoms with Crippen LogP contribution in [-0.4, -0.2) is 12.1 Å². The lowest BCUT2D eigenvalue weighted by Crippen LogP contribution is -2.22. The van der Waals surface area contributed by atoms with Crippen molar-refractivity contribution in [3.63, 3.8) is 0 Å². The monoisotopic (exact) mass is 238 g/mol. The highest BCUT2D eigenvalue weighted by molar-refractivity contribution is 5.72. The predicted molar refractivity (Wildman–Crippen MR) is 70.7 cm³/mol. The second kappa shape index (κ2) is 5.70. The van der Waals surface area contributed by atoms with E-state index in [9.17, 15) is 4.79 Å². The van der Waals surface area contributed by atoms with E-state index in [1.54, 1.807) is 0 Å². The van der Waals surface area contributed by atoms with Gasteiger partial charge in [-0.1, -0.05) is 32.4 Å². The molecule has 0 bridgehead atoms. The maximum Gasteiger partial charge on any atom is 0.310 e. The molecule has 0 N–H and O–H groups in total. The van der Waals surface area contributed by atoms with Crippen molar-refractivity contribution in [2.45, 2.75) is 66.4 Å². The van der Waals surface area contributed by atoms with E-state index >= 15 is 0 Å². The molecule has 1 rings (SSSR count). The van der Waals surface area contributed by atoms with Crippen molar-refractivity contribution in [1.29, 1.82) is 0 Å². The minimum atomic E-state index is -0.0829. The number of ether oxygens (including phenoxy) is 1. The normalized spacial score (nSPS) is 21.3. The second-order valence-electron chi connectivity index (χ2n) is 6.42. The van der Waals surface area contributed by atoms with Crippen molar-refractivity contribution < 1.29 is 9.53 Å². The molecule has 0 amide bonds. The molecular formula is C15H26O2. The van der Waals surface area contributed by atoms with Crippen molar-refractivity contribution >= 4 is 5.97 Å². The van der Waals surface area contributed by atoms with Crippen molar-refractivity contribution in [3.8, 4) is 0 Å². The highest BCUT2D eigenvalue weighted by Crippen LogP contribution is 2.37. The van der Waals surface area contributed by atoms with Gasteiger partial charge in [0.1, 0.15) is 0 Å². The average molecular weight is 238 g/mol. The molecular weight excluding hydrogens is 212 g/mol. The molecule has 1 atom stereocenters. The Morgan fingerprint density at radius 2 is 2.12 bits per heavy atom. The van der Waals surface area contributed by atoms with E-state index in [1.807, 2.05) is 13.8 Å². The number of hydrogen-bond acceptors (Lipinski definition) is 2. The molecule has 0 aliphatic heterocycles. The van der Waals surface area contributed by atoms with Crippen LogP contribution in [0.3, 0.4) is 0 Å². The smallest absolute Gasteiger partial charge is 0.310 e. The first-order valence-electron chi connectivity index (χ1n) is 6.66. The van der Waals surface area contributed by atoms with Crippen LogP contribution in [-0.2, 0) is 9.53 Å². The molecule has 0 fully saturated rings. The highest BCUT2D eigenvalue weighted by atomic mass is 16.5. The van der Waals surface area contributed by atoms with Crippen LogP contribution in [0.2, 0.25) is 0 Å². The van der Waals surface area contributed by atoms with Gasteiger partial charge in [-0.3, -0.25) is 4.79 Å². The first kappa shape index (κ1) is 14.3. The molecule has 0 aromatic carbocycles. The number of hydrogen-bond donors (Lipinski definition) is 0. The number of carbonyl (C=O) groups excluding carboxylic acids is 1. The van der Waals surface area contributed by atoms with E-state index in [1.165, 1.54) is 12.0 Å². The molecule has 1 unspecified atom stereocenters. The Morgan fingerprint density at radius 3 is 2.53 bits per heavy atom. The second-order valence-corrected chi connectivity index (χ2v) is 6.42. The molecule has 2 heteroatoms. The van der Waals surface area contributed by atoms with E-state index in [0.717, 1.165) is 18.8 Å². The minimum Gasteiger partial charge on any atom is -0.463 e. The fourth-order valence-corrected chi connectivity index (χ4v) is 2.33. The first-order valence-corrected chi connectivity index (χ1v) is 6.66. The lowest BCUT2D eigenvalue weighted by atomic mass is 9.73. The summed E-state index contributed by atoms with van der Waals surface area (Å²) in [5.41, 5.74) is 1.64. The number of rotatable bonds is 3. The Bertz CT molecular complexity index is 295. The van der Waals surface area contributed by atoms with Crippen LogP contribution in [0.15, 0.2) is 11.6 Å². The molecule has 0 heterocycles. The van der Waals surface area contributed by atoms with Crippen molar-refractivity contribution in [1.82, 2.24) is 0 Å². The Hall–Kier alpha value is -0.790. The summed E-state index contributed by atoms with van der Waals surface area (Å²) in [6, 6.07) is 0. The molecule has 0 aromatic heterocycles. The molecule has 1 aliphatic rings. The van der Waals surface area contributed by atoms with Gasteiger partial charge in [-0.15, -0.1) is 0 Å². The van der Waals surface area contributed by atoms with E-state index < -0.39 is 0 Å². The van der Waals surface area contributed by atoms with E-state index in [-0.39, 0.29) is 12.1 Å². The summed E-state index contributed by atoms with van der Waals surface area (Å²) in [6.07, 6.45) is 6.08. The quantitative estimate of drug-likeness (QED) is 0.546. The van der Waals surface area contributed by atoms with E-state index in [0.29, 0.717) is 11.8 Å². The Kier molecular flexibility index (Phi) is 4.79. The molecule has 98 valence electrons. The Morgan fingerprint density at radius 1 is 1.47 bits per heavy atom. The van der Waals surface area contributed by atoms with Gasteiger partial charge in [-0.25, -0.2) is 0 Å². The molecule has 0 saturated heterocycles. The van der Waals surface area contributed by atoms with Gasteiger partial charge >= 0.3 is 5.97 Å². The van der Waals surface area contributed by atoms with Gasteiger partial charge in [-0.2, -0.15) is 0 Å². The third-order valence-corrected chi connectivity index (χ3v) is 3.47. The first-order chi connectivity index (χ1) is 7.79. The summed E-state index contributed by atoms with van der Waals surface area (Å²) < 4.78 is 5.17. The van der Waals surface area contributed by atoms with E-state index in [4.69, 9.17) is 4.74 Å². The van der Waals surface area contributed by atoms with E-state index in [2.05, 4.69) is 26.8 Å². The number of esters is 1. The fourth-order valence-electron chi connectivity index (χ4n) is 2.33. The lowest BCUT2D eigenvalue weighted by molar-refractivity contribution is -0.146. The summed E-state index contributed by atoms with van der Waals surface area (Å²) in [5, 5.41) is 0.